The molecule has 0 atom stereocenters. The summed E-state index contributed by atoms with van der Waals surface area (Å²) in [5.41, 5.74) is 4.41. The number of imidazole rings is 1. The van der Waals surface area contributed by atoms with Gasteiger partial charge in [-0.05, 0) is 0 Å². The van der Waals surface area contributed by atoms with Crippen molar-refractivity contribution in [2.24, 2.45) is 0 Å². The fourth-order valence-electron chi connectivity index (χ4n) is 0.964. The molecule has 0 radical (unpaired) electrons. The second-order valence-corrected chi connectivity index (χ2v) is 2.22. The Kier molecular flexibility index (Phi) is 1.69. The Bertz CT molecular complexity index is 426. The molecule has 2 aromatic heterocycles. The maximum absolute atomic E-state index is 8.68. The van der Waals surface area contributed by atoms with Crippen LogP contribution >= 0.6 is 0 Å². The highest BCUT2D eigenvalue weighted by atomic mass is 16.5. The van der Waals surface area contributed by atoms with E-state index in [1.54, 1.807) is 5.48 Å². The molecule has 0 saturated heterocycles. The lowest BCUT2D eigenvalue weighted by molar-refractivity contribution is 0.378. The van der Waals surface area contributed by atoms with Crippen LogP contribution in [0.5, 0.6) is 0 Å². The van der Waals surface area contributed by atoms with Gasteiger partial charge in [0, 0.05) is 0 Å². The molecular weight excluding hydrogens is 176 g/mol. The minimum absolute atomic E-state index is 0.0452. The second kappa shape index (κ2) is 2.84. The van der Waals surface area contributed by atoms with Crippen LogP contribution in [0, 0.1) is 0 Å². The zero-order valence-electron chi connectivity index (χ0n) is 6.31. The number of hydrogen-bond donors (Lipinski definition) is 5. The lowest BCUT2D eigenvalue weighted by Crippen LogP contribution is -2.02. The van der Waals surface area contributed by atoms with Crippen molar-refractivity contribution in [3.8, 4) is 0 Å². The Morgan fingerprint density at radius 1 is 1.23 bits per heavy atom. The molecule has 0 fully saturated rings. The van der Waals surface area contributed by atoms with Crippen LogP contribution in [-0.4, -0.2) is 30.4 Å². The van der Waals surface area contributed by atoms with E-state index in [0.29, 0.717) is 11.2 Å². The number of rotatable bonds is 2. The average Bonchev–Trinajstić information content (AvgIpc) is 2.63. The molecule has 2 aromatic rings. The van der Waals surface area contributed by atoms with E-state index >= 15 is 0 Å². The van der Waals surface area contributed by atoms with Crippen molar-refractivity contribution in [2.75, 3.05) is 11.0 Å². The van der Waals surface area contributed by atoms with E-state index in [2.05, 4.69) is 19.9 Å². The summed E-state index contributed by atoms with van der Waals surface area (Å²) in [4.78, 5) is 14.1. The van der Waals surface area contributed by atoms with Gasteiger partial charge in [0.2, 0.25) is 0 Å². The first-order valence-electron chi connectivity index (χ1n) is 3.36. The van der Waals surface area contributed by atoms with Gasteiger partial charge >= 0.3 is 0 Å². The molecule has 0 aliphatic rings. The molecule has 13 heavy (non-hydrogen) atoms. The van der Waals surface area contributed by atoms with Crippen molar-refractivity contribution >= 4 is 22.9 Å². The number of fused-ring (bicyclic) bond motifs is 1. The van der Waals surface area contributed by atoms with Gasteiger partial charge in [-0.3, -0.25) is 15.9 Å². The number of nitrogens with zero attached hydrogens (tertiary/aromatic N) is 3. The van der Waals surface area contributed by atoms with E-state index in [9.17, 15) is 0 Å². The Hall–Kier alpha value is -1.93. The normalized spacial score (nSPS) is 10.3. The van der Waals surface area contributed by atoms with E-state index in [4.69, 9.17) is 10.4 Å². The molecule has 8 heteroatoms. The summed E-state index contributed by atoms with van der Waals surface area (Å²) in [6.45, 7) is 0. The summed E-state index contributed by atoms with van der Waals surface area (Å²) in [5.74, 6) is 0.0928. The monoisotopic (exact) mass is 182 g/mol. The maximum Gasteiger partial charge on any atom is 0.251 e. The van der Waals surface area contributed by atoms with Gasteiger partial charge in [0.15, 0.2) is 11.5 Å². The SMILES string of the molecule is ONc1nc(NO)c2[nH]cnc2n1. The highest BCUT2D eigenvalue weighted by Gasteiger charge is 2.07. The molecule has 0 aliphatic heterocycles. The third-order valence-corrected chi connectivity index (χ3v) is 1.49. The van der Waals surface area contributed by atoms with E-state index in [0.717, 1.165) is 0 Å². The molecule has 2 heterocycles. The Labute approximate surface area is 71.6 Å². The number of aromatic nitrogens is 4. The van der Waals surface area contributed by atoms with Gasteiger partial charge in [0.05, 0.1) is 6.33 Å². The van der Waals surface area contributed by atoms with Gasteiger partial charge in [0.25, 0.3) is 5.95 Å². The number of aromatic amines is 1. The van der Waals surface area contributed by atoms with E-state index in [1.165, 1.54) is 6.33 Å². The lowest BCUT2D eigenvalue weighted by Gasteiger charge is -2.01. The summed E-state index contributed by atoms with van der Waals surface area (Å²) >= 11 is 0. The smallest absolute Gasteiger partial charge is 0.251 e. The third-order valence-electron chi connectivity index (χ3n) is 1.49. The maximum atomic E-state index is 8.68. The van der Waals surface area contributed by atoms with Crippen molar-refractivity contribution in [2.45, 2.75) is 0 Å². The van der Waals surface area contributed by atoms with Gasteiger partial charge in [-0.1, -0.05) is 0 Å². The van der Waals surface area contributed by atoms with Gasteiger partial charge in [-0.15, -0.1) is 0 Å². The molecule has 0 saturated carbocycles. The standard InChI is InChI=1S/C5H6N6O2/c12-10-4-2-3(7-1-6-2)8-5(9-4)11-13/h1,12-13H,(H3,6,7,8,9,10,11). The van der Waals surface area contributed by atoms with Crippen LogP contribution in [0.15, 0.2) is 6.33 Å². The van der Waals surface area contributed by atoms with Crippen molar-refractivity contribution < 1.29 is 10.4 Å². The minimum atomic E-state index is -0.0452. The van der Waals surface area contributed by atoms with Crippen LogP contribution in [0.1, 0.15) is 0 Å². The molecule has 8 nitrogen and oxygen atoms in total. The topological polar surface area (TPSA) is 119 Å². The van der Waals surface area contributed by atoms with Crippen LogP contribution in [0.25, 0.3) is 11.2 Å². The second-order valence-electron chi connectivity index (χ2n) is 2.22. The minimum Gasteiger partial charge on any atom is -0.340 e. The quantitative estimate of drug-likeness (QED) is 0.413. The first-order valence-corrected chi connectivity index (χ1v) is 3.36. The molecule has 0 bridgehead atoms. The van der Waals surface area contributed by atoms with Crippen LogP contribution < -0.4 is 11.0 Å². The number of nitrogens with one attached hydrogen (secondary N) is 3. The molecule has 0 spiro atoms. The van der Waals surface area contributed by atoms with Crippen molar-refractivity contribution in [3.63, 3.8) is 0 Å². The molecule has 0 unspecified atom stereocenters. The number of anilines is 2. The average molecular weight is 182 g/mol. The number of hydrogen-bond acceptors (Lipinski definition) is 7. The van der Waals surface area contributed by atoms with Crippen molar-refractivity contribution in [1.29, 1.82) is 0 Å². The fraction of sp³-hybridized carbons (Fsp3) is 0. The summed E-state index contributed by atoms with van der Waals surface area (Å²) in [5, 5.41) is 17.2. The Balaban J connectivity index is 2.70. The van der Waals surface area contributed by atoms with Crippen molar-refractivity contribution in [1.82, 2.24) is 19.9 Å². The molecule has 2 rings (SSSR count). The largest absolute Gasteiger partial charge is 0.340 e. The van der Waals surface area contributed by atoms with Crippen LogP contribution in [-0.2, 0) is 0 Å². The molecule has 68 valence electrons. The van der Waals surface area contributed by atoms with Crippen LogP contribution in [0.2, 0.25) is 0 Å². The van der Waals surface area contributed by atoms with E-state index in [1.807, 2.05) is 5.48 Å². The number of H-pyrrole nitrogens is 1. The molecule has 0 aliphatic carbocycles. The highest BCUT2D eigenvalue weighted by molar-refractivity contribution is 5.82. The predicted molar refractivity (Wildman–Crippen MR) is 42.5 cm³/mol. The summed E-state index contributed by atoms with van der Waals surface area (Å²) < 4.78 is 0. The van der Waals surface area contributed by atoms with Gasteiger partial charge in [0.1, 0.15) is 5.52 Å². The predicted octanol–water partition coefficient (Wildman–Crippen LogP) is -0.0449. The van der Waals surface area contributed by atoms with Gasteiger partial charge in [-0.25, -0.2) is 10.5 Å². The fourth-order valence-corrected chi connectivity index (χ4v) is 0.964. The Morgan fingerprint density at radius 3 is 2.77 bits per heavy atom. The first-order chi connectivity index (χ1) is 6.35. The summed E-state index contributed by atoms with van der Waals surface area (Å²) in [6.07, 6.45) is 1.40. The van der Waals surface area contributed by atoms with Crippen LogP contribution in [0.3, 0.4) is 0 Å². The van der Waals surface area contributed by atoms with E-state index < -0.39 is 0 Å². The van der Waals surface area contributed by atoms with Crippen LogP contribution in [0.4, 0.5) is 11.8 Å². The lowest BCUT2D eigenvalue weighted by atomic mass is 10.5. The summed E-state index contributed by atoms with van der Waals surface area (Å²) in [7, 11) is 0. The first kappa shape index (κ1) is 7.71. The van der Waals surface area contributed by atoms with Gasteiger partial charge in [-0.2, -0.15) is 9.97 Å². The highest BCUT2D eigenvalue weighted by Crippen LogP contribution is 2.16. The molecule has 0 aromatic carbocycles. The molecule has 0 amide bonds. The zero-order valence-corrected chi connectivity index (χ0v) is 6.31. The third kappa shape index (κ3) is 1.13. The van der Waals surface area contributed by atoms with Gasteiger partial charge < -0.3 is 4.98 Å². The summed E-state index contributed by atoms with van der Waals surface area (Å²) in [6, 6.07) is 0. The van der Waals surface area contributed by atoms with E-state index in [-0.39, 0.29) is 11.8 Å². The molecule has 5 N–H and O–H groups in total. The molecular formula is C5H6N6O2. The Morgan fingerprint density at radius 2 is 2.08 bits per heavy atom. The zero-order chi connectivity index (χ0) is 9.26. The van der Waals surface area contributed by atoms with Crippen molar-refractivity contribution in [3.05, 3.63) is 6.33 Å².